The van der Waals surface area contributed by atoms with Crippen molar-refractivity contribution in [1.82, 2.24) is 0 Å². The molecule has 0 spiro atoms. The number of hydrogen-bond donors (Lipinski definition) is 2. The van der Waals surface area contributed by atoms with Gasteiger partial charge in [0.2, 0.25) is 0 Å². The zero-order valence-electron chi connectivity index (χ0n) is 5.38. The third-order valence-corrected chi connectivity index (χ3v) is 0.553. The van der Waals surface area contributed by atoms with Crippen molar-refractivity contribution in [3.05, 3.63) is 0 Å². The van der Waals surface area contributed by atoms with E-state index in [-0.39, 0.29) is 61.6 Å². The first-order chi connectivity index (χ1) is 3.63. The van der Waals surface area contributed by atoms with Crippen LogP contribution in [0.3, 0.4) is 0 Å². The number of hydrogen-bond acceptors (Lipinski definition) is 2. The second-order valence-corrected chi connectivity index (χ2v) is 1.29. The quantitative estimate of drug-likeness (QED) is 0.509. The number of carboxylic acids is 2. The molecule has 0 saturated heterocycles. The molecule has 0 aliphatic rings. The molecule has 2 radical (unpaired) electrons. The fourth-order valence-corrected chi connectivity index (χ4v) is 0.214. The van der Waals surface area contributed by atoms with Gasteiger partial charge >= 0.3 is 35.8 Å². The van der Waals surface area contributed by atoms with Crippen molar-refractivity contribution >= 4 is 35.8 Å². The Hall–Kier alpha value is 0.319. The van der Waals surface area contributed by atoms with Gasteiger partial charge in [-0.3, -0.25) is 9.59 Å². The number of aliphatic carboxylic acids is 2. The number of carboxylic acid groups (broad SMARTS) is 2. The Labute approximate surface area is 93.1 Å². The van der Waals surface area contributed by atoms with Crippen LogP contribution in [0.5, 0.6) is 0 Å². The van der Waals surface area contributed by atoms with Crippen molar-refractivity contribution in [1.29, 1.82) is 0 Å². The van der Waals surface area contributed by atoms with Crippen LogP contribution in [-0.2, 0) is 9.59 Å². The van der Waals surface area contributed by atoms with Gasteiger partial charge in [0.05, 0.1) is 12.8 Å². The maximum atomic E-state index is 9.64. The van der Waals surface area contributed by atoms with Crippen LogP contribution in [-0.4, -0.2) is 46.1 Å². The fraction of sp³-hybridized carbons (Fsp3) is 0.500. The van der Waals surface area contributed by atoms with Crippen LogP contribution in [0.4, 0.5) is 0 Å². The third kappa shape index (κ3) is 25.2. The molecule has 0 unspecified atom stereocenters. The minimum atomic E-state index is -1.08. The maximum Gasteiger partial charge on any atom is 2.00 e. The summed E-state index contributed by atoms with van der Waals surface area (Å²) in [6.07, 6.45) is -0.593. The molecular weight excluding hydrogens is 302 g/mol. The second kappa shape index (κ2) is 12.9. The molecule has 0 heterocycles. The van der Waals surface area contributed by atoms with E-state index in [1.54, 1.807) is 0 Å². The van der Waals surface area contributed by atoms with Crippen molar-refractivity contribution in [2.45, 2.75) is 12.8 Å². The Morgan fingerprint density at radius 3 is 1.18 bits per heavy atom. The molecule has 2 N–H and O–H groups in total. The molecule has 0 aromatic rings. The van der Waals surface area contributed by atoms with Crippen molar-refractivity contribution in [2.75, 3.05) is 0 Å². The van der Waals surface area contributed by atoms with Gasteiger partial charge in [-0.25, -0.2) is 0 Å². The average molecular weight is 308 g/mol. The predicted molar refractivity (Wildman–Crippen MR) is 30.3 cm³/mol. The largest absolute Gasteiger partial charge is 2.00 e. The van der Waals surface area contributed by atoms with E-state index in [0.717, 1.165) is 0 Å². The van der Waals surface area contributed by atoms with Crippen LogP contribution in [0.25, 0.3) is 0 Å². The van der Waals surface area contributed by atoms with E-state index in [2.05, 4.69) is 0 Å². The molecule has 0 amide bonds. The van der Waals surface area contributed by atoms with Crippen LogP contribution in [0, 0.1) is 0 Å². The summed E-state index contributed by atoms with van der Waals surface area (Å²) in [6, 6.07) is 0. The van der Waals surface area contributed by atoms with Gasteiger partial charge in [-0.2, -0.15) is 0 Å². The molecule has 0 rings (SSSR count). The van der Waals surface area contributed by atoms with E-state index >= 15 is 0 Å². The monoisotopic (exact) mass is 308 g/mol. The van der Waals surface area contributed by atoms with Crippen LogP contribution in [0.1, 0.15) is 12.8 Å². The molecule has 0 aromatic carbocycles. The van der Waals surface area contributed by atoms with Crippen LogP contribution >= 0.6 is 0 Å². The van der Waals surface area contributed by atoms with Crippen molar-refractivity contribution in [3.63, 3.8) is 0 Å². The summed E-state index contributed by atoms with van der Waals surface area (Å²) < 4.78 is 0. The van der Waals surface area contributed by atoms with Gasteiger partial charge in [0, 0.05) is 0 Å². The topological polar surface area (TPSA) is 74.6 Å². The Bertz CT molecular complexity index is 105. The number of rotatable bonds is 3. The van der Waals surface area contributed by atoms with Gasteiger partial charge in [-0.1, -0.05) is 0 Å². The maximum absolute atomic E-state index is 9.64. The molecule has 0 fully saturated rings. The van der Waals surface area contributed by atoms with Crippen molar-refractivity contribution < 1.29 is 44.6 Å². The normalized spacial score (nSPS) is 6.18. The van der Waals surface area contributed by atoms with Gasteiger partial charge < -0.3 is 35.0 Å². The molecule has 0 aliphatic heterocycles. The van der Waals surface area contributed by atoms with E-state index in [9.17, 15) is 9.59 Å². The molecule has 4 nitrogen and oxygen atoms in total. The summed E-state index contributed by atoms with van der Waals surface area (Å²) in [5.41, 5.74) is 0. The third-order valence-electron chi connectivity index (χ3n) is 0.553. The Balaban J connectivity index is -0.0000000817. The molecule has 11 heavy (non-hydrogen) atoms. The van der Waals surface area contributed by atoms with Gasteiger partial charge in [-0.05, 0) is 0 Å². The first-order valence-corrected chi connectivity index (χ1v) is 2.06. The standard InChI is InChI=1S/C4H6O4.2ClH.Sn/c5-3(6)1-2-4(7)8;;;/h1-2H2,(H,5,6)(H,7,8);2*1H;/q;;;+2/p-2. The smallest absolute Gasteiger partial charge is 1.00 e. The second-order valence-electron chi connectivity index (χ2n) is 1.29. The fourth-order valence-electron chi connectivity index (χ4n) is 0.214. The van der Waals surface area contributed by atoms with Crippen LogP contribution < -0.4 is 24.8 Å². The molecule has 0 saturated carbocycles. The average Bonchev–Trinajstić information content (AvgIpc) is 1.61. The molecule has 0 atom stereocenters. The Kier molecular flexibility index (Phi) is 26.5. The number of halogens is 2. The summed E-state index contributed by atoms with van der Waals surface area (Å²) in [5.74, 6) is -2.15. The Morgan fingerprint density at radius 2 is 1.09 bits per heavy atom. The van der Waals surface area contributed by atoms with Gasteiger partial charge in [-0.15, -0.1) is 0 Å². The molecule has 0 aliphatic carbocycles. The van der Waals surface area contributed by atoms with Crippen LogP contribution in [0.15, 0.2) is 0 Å². The van der Waals surface area contributed by atoms with Gasteiger partial charge in [0.1, 0.15) is 0 Å². The summed E-state index contributed by atoms with van der Waals surface area (Å²) >= 11 is 0. The minimum Gasteiger partial charge on any atom is -1.00 e. The Morgan fingerprint density at radius 1 is 0.909 bits per heavy atom. The van der Waals surface area contributed by atoms with E-state index in [4.69, 9.17) is 10.2 Å². The zero-order chi connectivity index (χ0) is 6.57. The first kappa shape index (κ1) is 22.5. The molecular formula is C4H6Cl2O4Sn. The summed E-state index contributed by atoms with van der Waals surface area (Å²) in [6.45, 7) is 0. The number of carbonyl (C=O) groups is 2. The van der Waals surface area contributed by atoms with E-state index in [1.165, 1.54) is 0 Å². The van der Waals surface area contributed by atoms with Crippen LogP contribution in [0.2, 0.25) is 0 Å². The minimum absolute atomic E-state index is 0. The van der Waals surface area contributed by atoms with E-state index < -0.39 is 11.9 Å². The summed E-state index contributed by atoms with van der Waals surface area (Å²) in [7, 11) is 0. The molecule has 0 aromatic heterocycles. The van der Waals surface area contributed by atoms with Gasteiger partial charge in [0.25, 0.3) is 0 Å². The summed E-state index contributed by atoms with van der Waals surface area (Å²) in [5, 5.41) is 15.8. The summed E-state index contributed by atoms with van der Waals surface area (Å²) in [4.78, 5) is 19.3. The molecule has 64 valence electrons. The van der Waals surface area contributed by atoms with Crippen molar-refractivity contribution in [3.8, 4) is 0 Å². The first-order valence-electron chi connectivity index (χ1n) is 2.06. The molecule has 7 heteroatoms. The molecule has 0 bridgehead atoms. The zero-order valence-corrected chi connectivity index (χ0v) is 9.75. The van der Waals surface area contributed by atoms with E-state index in [1.807, 2.05) is 0 Å². The predicted octanol–water partition coefficient (Wildman–Crippen LogP) is -6.44. The SMILES string of the molecule is O=C(O)CCC(=O)O.[Cl-].[Cl-].[Sn+2]. The van der Waals surface area contributed by atoms with E-state index in [0.29, 0.717) is 0 Å². The van der Waals surface area contributed by atoms with Crippen molar-refractivity contribution in [2.24, 2.45) is 0 Å². The van der Waals surface area contributed by atoms with Gasteiger partial charge in [0.15, 0.2) is 0 Å².